The zero-order valence-electron chi connectivity index (χ0n) is 8.55. The normalized spacial score (nSPS) is 12.9. The Kier molecular flexibility index (Phi) is 3.15. The maximum Gasteiger partial charge on any atom is 0.0538 e. The molecule has 0 aliphatic heterocycles. The molecule has 2 aromatic heterocycles. The van der Waals surface area contributed by atoms with Crippen molar-refractivity contribution in [1.29, 1.82) is 0 Å². The number of rotatable bonds is 4. The lowest BCUT2D eigenvalue weighted by molar-refractivity contribution is 0.552. The van der Waals surface area contributed by atoms with Crippen LogP contribution in [0.1, 0.15) is 17.2 Å². The summed E-state index contributed by atoms with van der Waals surface area (Å²) in [7, 11) is 1.90. The molecule has 1 unspecified atom stereocenters. The zero-order chi connectivity index (χ0) is 10.7. The van der Waals surface area contributed by atoms with Gasteiger partial charge in [0.05, 0.1) is 12.2 Å². The highest BCUT2D eigenvalue weighted by atomic mass is 32.1. The molecule has 1 atom stereocenters. The van der Waals surface area contributed by atoms with Gasteiger partial charge in [-0.15, -0.1) is 0 Å². The minimum atomic E-state index is 0.133. The van der Waals surface area contributed by atoms with Crippen LogP contribution in [-0.4, -0.2) is 9.78 Å². The molecule has 2 aromatic rings. The average Bonchev–Trinajstić information content (AvgIpc) is 2.85. The Hall–Kier alpha value is -1.17. The molecule has 3 N–H and O–H groups in total. The first-order valence-electron chi connectivity index (χ1n) is 4.75. The minimum absolute atomic E-state index is 0.133. The lowest BCUT2D eigenvalue weighted by Crippen LogP contribution is -2.29. The molecule has 2 heterocycles. The summed E-state index contributed by atoms with van der Waals surface area (Å²) in [5.41, 5.74) is 5.24. The summed E-state index contributed by atoms with van der Waals surface area (Å²) in [5.74, 6) is 5.55. The van der Waals surface area contributed by atoms with Crippen LogP contribution in [0.3, 0.4) is 0 Å². The van der Waals surface area contributed by atoms with Crippen molar-refractivity contribution in [2.75, 3.05) is 0 Å². The van der Waals surface area contributed by atoms with E-state index in [0.717, 1.165) is 12.0 Å². The van der Waals surface area contributed by atoms with E-state index in [9.17, 15) is 0 Å². The van der Waals surface area contributed by atoms with Crippen molar-refractivity contribution in [2.45, 2.75) is 12.5 Å². The highest BCUT2D eigenvalue weighted by Gasteiger charge is 2.12. The van der Waals surface area contributed by atoms with Crippen LogP contribution in [-0.2, 0) is 13.5 Å². The SMILES string of the molecule is Cn1cc(C(Cc2ccsc2)NN)cn1. The predicted octanol–water partition coefficient (Wildman–Crippen LogP) is 1.23. The van der Waals surface area contributed by atoms with Gasteiger partial charge in [0.25, 0.3) is 0 Å². The van der Waals surface area contributed by atoms with E-state index in [0.29, 0.717) is 0 Å². The summed E-state index contributed by atoms with van der Waals surface area (Å²) in [6.07, 6.45) is 4.72. The molecule has 5 heteroatoms. The zero-order valence-corrected chi connectivity index (χ0v) is 9.37. The second kappa shape index (κ2) is 4.57. The quantitative estimate of drug-likeness (QED) is 0.604. The molecule has 0 bridgehead atoms. The van der Waals surface area contributed by atoms with Gasteiger partial charge in [-0.3, -0.25) is 16.0 Å². The molecule has 0 aliphatic carbocycles. The maximum atomic E-state index is 5.55. The van der Waals surface area contributed by atoms with Crippen LogP contribution < -0.4 is 11.3 Å². The van der Waals surface area contributed by atoms with Gasteiger partial charge in [0.15, 0.2) is 0 Å². The van der Waals surface area contributed by atoms with Gasteiger partial charge in [-0.2, -0.15) is 16.4 Å². The fourth-order valence-corrected chi connectivity index (χ4v) is 2.22. The third-order valence-corrected chi connectivity index (χ3v) is 3.08. The van der Waals surface area contributed by atoms with Crippen LogP contribution >= 0.6 is 11.3 Å². The van der Waals surface area contributed by atoms with Gasteiger partial charge >= 0.3 is 0 Å². The van der Waals surface area contributed by atoms with Crippen molar-refractivity contribution in [1.82, 2.24) is 15.2 Å². The summed E-state index contributed by atoms with van der Waals surface area (Å²) in [4.78, 5) is 0. The first kappa shape index (κ1) is 10.4. The second-order valence-corrected chi connectivity index (χ2v) is 4.28. The Morgan fingerprint density at radius 1 is 1.67 bits per heavy atom. The highest BCUT2D eigenvalue weighted by Crippen LogP contribution is 2.18. The monoisotopic (exact) mass is 222 g/mol. The van der Waals surface area contributed by atoms with Crippen LogP contribution in [0.2, 0.25) is 0 Å². The fraction of sp³-hybridized carbons (Fsp3) is 0.300. The number of aromatic nitrogens is 2. The molecule has 0 spiro atoms. The van der Waals surface area contributed by atoms with Crippen molar-refractivity contribution >= 4 is 11.3 Å². The molecule has 0 aromatic carbocycles. The van der Waals surface area contributed by atoms with E-state index in [1.54, 1.807) is 16.0 Å². The lowest BCUT2D eigenvalue weighted by atomic mass is 10.0. The Morgan fingerprint density at radius 3 is 3.07 bits per heavy atom. The van der Waals surface area contributed by atoms with Crippen molar-refractivity contribution in [3.05, 3.63) is 40.3 Å². The van der Waals surface area contributed by atoms with E-state index < -0.39 is 0 Å². The summed E-state index contributed by atoms with van der Waals surface area (Å²) in [6.45, 7) is 0. The van der Waals surface area contributed by atoms with E-state index in [2.05, 4.69) is 27.4 Å². The molecule has 80 valence electrons. The Bertz CT molecular complexity index is 407. The van der Waals surface area contributed by atoms with Crippen molar-refractivity contribution in [2.24, 2.45) is 12.9 Å². The molecular weight excluding hydrogens is 208 g/mol. The van der Waals surface area contributed by atoms with E-state index in [-0.39, 0.29) is 6.04 Å². The lowest BCUT2D eigenvalue weighted by Gasteiger charge is -2.12. The van der Waals surface area contributed by atoms with Crippen LogP contribution in [0.4, 0.5) is 0 Å². The summed E-state index contributed by atoms with van der Waals surface area (Å²) in [5, 5.41) is 8.35. The van der Waals surface area contributed by atoms with Gasteiger partial charge in [-0.05, 0) is 28.8 Å². The molecule has 0 radical (unpaired) electrons. The van der Waals surface area contributed by atoms with Gasteiger partial charge < -0.3 is 0 Å². The van der Waals surface area contributed by atoms with Crippen LogP contribution in [0.25, 0.3) is 0 Å². The fourth-order valence-electron chi connectivity index (χ4n) is 1.54. The minimum Gasteiger partial charge on any atom is -0.275 e. The van der Waals surface area contributed by atoms with E-state index in [1.807, 2.05) is 19.4 Å². The Balaban J connectivity index is 2.11. The van der Waals surface area contributed by atoms with E-state index in [1.165, 1.54) is 5.56 Å². The number of nitrogens with one attached hydrogen (secondary N) is 1. The van der Waals surface area contributed by atoms with Gasteiger partial charge in [-0.1, -0.05) is 0 Å². The summed E-state index contributed by atoms with van der Waals surface area (Å²) < 4.78 is 1.79. The molecular formula is C10H14N4S. The molecule has 0 saturated carbocycles. The largest absolute Gasteiger partial charge is 0.275 e. The van der Waals surface area contributed by atoms with Crippen LogP contribution in [0.15, 0.2) is 29.2 Å². The van der Waals surface area contributed by atoms with Crippen LogP contribution in [0, 0.1) is 0 Å². The first-order valence-corrected chi connectivity index (χ1v) is 5.69. The summed E-state index contributed by atoms with van der Waals surface area (Å²) >= 11 is 1.70. The standard InChI is InChI=1S/C10H14N4S/c1-14-6-9(5-12-14)10(13-11)4-8-2-3-15-7-8/h2-3,5-7,10,13H,4,11H2,1H3. The number of hydrazine groups is 1. The first-order chi connectivity index (χ1) is 7.29. The second-order valence-electron chi connectivity index (χ2n) is 3.50. The molecule has 15 heavy (non-hydrogen) atoms. The topological polar surface area (TPSA) is 55.9 Å². The molecule has 0 fully saturated rings. The van der Waals surface area contributed by atoms with Gasteiger partial charge in [0.1, 0.15) is 0 Å². The van der Waals surface area contributed by atoms with Crippen LogP contribution in [0.5, 0.6) is 0 Å². The Morgan fingerprint density at radius 2 is 2.53 bits per heavy atom. The maximum absolute atomic E-state index is 5.55. The van der Waals surface area contributed by atoms with E-state index in [4.69, 9.17) is 5.84 Å². The highest BCUT2D eigenvalue weighted by molar-refractivity contribution is 7.07. The average molecular weight is 222 g/mol. The number of thiophene rings is 1. The molecule has 4 nitrogen and oxygen atoms in total. The van der Waals surface area contributed by atoms with E-state index >= 15 is 0 Å². The number of nitrogens with two attached hydrogens (primary N) is 1. The number of aryl methyl sites for hydroxylation is 1. The summed E-state index contributed by atoms with van der Waals surface area (Å²) in [6, 6.07) is 2.25. The van der Waals surface area contributed by atoms with Crippen molar-refractivity contribution in [3.8, 4) is 0 Å². The third-order valence-electron chi connectivity index (χ3n) is 2.35. The van der Waals surface area contributed by atoms with Gasteiger partial charge in [0.2, 0.25) is 0 Å². The number of hydrogen-bond acceptors (Lipinski definition) is 4. The van der Waals surface area contributed by atoms with Crippen molar-refractivity contribution < 1.29 is 0 Å². The van der Waals surface area contributed by atoms with Crippen molar-refractivity contribution in [3.63, 3.8) is 0 Å². The third kappa shape index (κ3) is 2.44. The molecule has 0 amide bonds. The van der Waals surface area contributed by atoms with Gasteiger partial charge in [-0.25, -0.2) is 0 Å². The molecule has 0 saturated heterocycles. The molecule has 2 rings (SSSR count). The Labute approximate surface area is 92.7 Å². The molecule has 0 aliphatic rings. The number of hydrogen-bond donors (Lipinski definition) is 2. The number of nitrogens with zero attached hydrogens (tertiary/aromatic N) is 2. The smallest absolute Gasteiger partial charge is 0.0538 e. The van der Waals surface area contributed by atoms with Gasteiger partial charge in [0, 0.05) is 18.8 Å². The predicted molar refractivity (Wildman–Crippen MR) is 61.3 cm³/mol.